The van der Waals surface area contributed by atoms with Gasteiger partial charge in [0.1, 0.15) is 24.0 Å². The van der Waals surface area contributed by atoms with Gasteiger partial charge in [0.15, 0.2) is 0 Å². The highest BCUT2D eigenvalue weighted by atomic mass is 127. The first kappa shape index (κ1) is 25.0. The number of carboxylic acids is 1. The molecule has 0 saturated carbocycles. The fraction of sp³-hybridized carbons (Fsp3) is 0.107. The molecule has 4 rings (SSSR count). The van der Waals surface area contributed by atoms with Crippen molar-refractivity contribution in [3.63, 3.8) is 0 Å². The second-order valence-corrected chi connectivity index (χ2v) is 9.18. The van der Waals surface area contributed by atoms with Gasteiger partial charge in [0.25, 0.3) is 5.91 Å². The highest BCUT2D eigenvalue weighted by Crippen LogP contribution is 2.24. The molecule has 1 amide bonds. The molecule has 3 aromatic carbocycles. The van der Waals surface area contributed by atoms with E-state index in [1.165, 1.54) is 12.1 Å². The second-order valence-electron chi connectivity index (χ2n) is 8.02. The van der Waals surface area contributed by atoms with Gasteiger partial charge in [-0.3, -0.25) is 4.79 Å². The first-order valence-electron chi connectivity index (χ1n) is 11.1. The Morgan fingerprint density at radius 3 is 2.61 bits per heavy atom. The van der Waals surface area contributed by atoms with Crippen molar-refractivity contribution in [2.75, 3.05) is 6.54 Å². The van der Waals surface area contributed by atoms with Gasteiger partial charge in [0, 0.05) is 23.6 Å². The van der Waals surface area contributed by atoms with Crippen molar-refractivity contribution in [2.24, 2.45) is 0 Å². The van der Waals surface area contributed by atoms with E-state index in [4.69, 9.17) is 9.84 Å². The van der Waals surface area contributed by atoms with E-state index in [2.05, 4.69) is 32.9 Å². The van der Waals surface area contributed by atoms with Crippen LogP contribution in [0.4, 0.5) is 0 Å². The molecule has 0 radical (unpaired) electrons. The van der Waals surface area contributed by atoms with Crippen molar-refractivity contribution < 1.29 is 19.4 Å². The smallest absolute Gasteiger partial charge is 0.335 e. The lowest BCUT2D eigenvalue weighted by atomic mass is 10.1. The number of H-pyrrole nitrogens is 1. The molecule has 1 aromatic heterocycles. The van der Waals surface area contributed by atoms with Crippen LogP contribution in [0, 0.1) is 14.9 Å². The van der Waals surface area contributed by atoms with Gasteiger partial charge in [-0.1, -0.05) is 36.4 Å². The molecule has 0 atom stereocenters. The number of hydrogen-bond donors (Lipinski definition) is 3. The van der Waals surface area contributed by atoms with Gasteiger partial charge in [-0.05, 0) is 82.1 Å². The number of hydrogen-bond acceptors (Lipinski definition) is 4. The number of carboxylic acid groups (broad SMARTS) is 1. The second kappa shape index (κ2) is 11.6. The van der Waals surface area contributed by atoms with Crippen LogP contribution in [-0.2, 0) is 17.8 Å². The van der Waals surface area contributed by atoms with Crippen LogP contribution in [0.25, 0.3) is 17.0 Å². The maximum atomic E-state index is 12.6. The number of nitrogens with zero attached hydrogens (tertiary/aromatic N) is 1. The average molecular weight is 591 g/mol. The number of benzene rings is 3. The third-order valence-corrected chi connectivity index (χ3v) is 6.43. The molecule has 180 valence electrons. The standard InChI is InChI=1S/C28H22IN3O4/c29-24-14-19(7-10-26(24)36-17-18-5-8-20(9-6-18)28(34)35)13-22(15-30)27(33)31-12-11-21-16-32-25-4-2-1-3-23(21)25/h1-10,13-14,16,32H,11-12,17H2,(H,31,33)(H,34,35)/b22-13-. The molecule has 0 bridgehead atoms. The Morgan fingerprint density at radius 2 is 1.89 bits per heavy atom. The summed E-state index contributed by atoms with van der Waals surface area (Å²) in [7, 11) is 0. The van der Waals surface area contributed by atoms with Gasteiger partial charge in [0.2, 0.25) is 0 Å². The molecule has 36 heavy (non-hydrogen) atoms. The summed E-state index contributed by atoms with van der Waals surface area (Å²) in [5, 5.41) is 22.5. The topological polar surface area (TPSA) is 115 Å². The molecule has 0 unspecified atom stereocenters. The van der Waals surface area contributed by atoms with E-state index in [9.17, 15) is 14.9 Å². The van der Waals surface area contributed by atoms with Crippen LogP contribution in [0.15, 0.2) is 78.5 Å². The number of nitriles is 1. The van der Waals surface area contributed by atoms with Crippen LogP contribution in [0.5, 0.6) is 5.75 Å². The van der Waals surface area contributed by atoms with Crippen LogP contribution in [0.1, 0.15) is 27.0 Å². The number of halogens is 1. The largest absolute Gasteiger partial charge is 0.488 e. The maximum absolute atomic E-state index is 12.6. The predicted molar refractivity (Wildman–Crippen MR) is 145 cm³/mol. The zero-order chi connectivity index (χ0) is 25.5. The molecule has 0 aliphatic rings. The summed E-state index contributed by atoms with van der Waals surface area (Å²) in [4.78, 5) is 26.8. The molecule has 0 aliphatic carbocycles. The Labute approximate surface area is 221 Å². The average Bonchev–Trinajstić information content (AvgIpc) is 3.30. The van der Waals surface area contributed by atoms with Gasteiger partial charge in [-0.25, -0.2) is 4.79 Å². The molecule has 8 heteroatoms. The molecule has 0 fully saturated rings. The zero-order valence-corrected chi connectivity index (χ0v) is 21.3. The van der Waals surface area contributed by atoms with E-state index in [1.54, 1.807) is 30.3 Å². The molecular weight excluding hydrogens is 569 g/mol. The highest BCUT2D eigenvalue weighted by molar-refractivity contribution is 14.1. The molecular formula is C28H22IN3O4. The normalized spacial score (nSPS) is 11.2. The molecule has 0 spiro atoms. The first-order chi connectivity index (χ1) is 17.4. The van der Waals surface area contributed by atoms with Crippen molar-refractivity contribution >= 4 is 51.4 Å². The number of nitrogens with one attached hydrogen (secondary N) is 2. The van der Waals surface area contributed by atoms with Crippen LogP contribution < -0.4 is 10.1 Å². The van der Waals surface area contributed by atoms with Crippen LogP contribution in [0.2, 0.25) is 0 Å². The maximum Gasteiger partial charge on any atom is 0.335 e. The lowest BCUT2D eigenvalue weighted by Gasteiger charge is -2.10. The number of para-hydroxylation sites is 1. The minimum absolute atomic E-state index is 0.0249. The Kier molecular flexibility index (Phi) is 8.02. The fourth-order valence-corrected chi connectivity index (χ4v) is 4.38. The Balaban J connectivity index is 1.35. The summed E-state index contributed by atoms with van der Waals surface area (Å²) >= 11 is 2.14. The Bertz CT molecular complexity index is 1480. The summed E-state index contributed by atoms with van der Waals surface area (Å²) < 4.78 is 6.67. The fourth-order valence-electron chi connectivity index (χ4n) is 3.69. The third kappa shape index (κ3) is 6.12. The number of carbonyl (C=O) groups excluding carboxylic acids is 1. The lowest BCUT2D eigenvalue weighted by Crippen LogP contribution is -2.26. The number of aromatic nitrogens is 1. The molecule has 3 N–H and O–H groups in total. The van der Waals surface area contributed by atoms with Crippen LogP contribution in [-0.4, -0.2) is 28.5 Å². The van der Waals surface area contributed by atoms with Crippen LogP contribution in [0.3, 0.4) is 0 Å². The van der Waals surface area contributed by atoms with E-state index in [1.807, 2.05) is 42.6 Å². The van der Waals surface area contributed by atoms with Gasteiger partial charge in [-0.15, -0.1) is 0 Å². The number of aromatic amines is 1. The lowest BCUT2D eigenvalue weighted by molar-refractivity contribution is -0.117. The van der Waals surface area contributed by atoms with Gasteiger partial charge in [0.05, 0.1) is 9.13 Å². The number of rotatable bonds is 9. The summed E-state index contributed by atoms with van der Waals surface area (Å²) in [5.74, 6) is -0.741. The Hall–Kier alpha value is -4.10. The van der Waals surface area contributed by atoms with Gasteiger partial charge in [-0.2, -0.15) is 5.26 Å². The van der Waals surface area contributed by atoms with Crippen molar-refractivity contribution in [3.8, 4) is 11.8 Å². The van der Waals surface area contributed by atoms with Crippen molar-refractivity contribution in [3.05, 3.63) is 104 Å². The molecule has 0 saturated heterocycles. The SMILES string of the molecule is N#C/C(=C/c1ccc(OCc2ccc(C(=O)O)cc2)c(I)c1)C(=O)NCCc1c[nH]c2ccccc12. The van der Waals surface area contributed by atoms with Crippen molar-refractivity contribution in [2.45, 2.75) is 13.0 Å². The number of amides is 1. The van der Waals surface area contributed by atoms with E-state index < -0.39 is 11.9 Å². The zero-order valence-electron chi connectivity index (χ0n) is 19.1. The molecule has 4 aromatic rings. The molecule has 0 aliphatic heterocycles. The predicted octanol–water partition coefficient (Wildman–Crippen LogP) is 5.32. The van der Waals surface area contributed by atoms with Crippen LogP contribution >= 0.6 is 22.6 Å². The molecule has 1 heterocycles. The Morgan fingerprint density at radius 1 is 1.11 bits per heavy atom. The third-order valence-electron chi connectivity index (χ3n) is 5.58. The summed E-state index contributed by atoms with van der Waals surface area (Å²) in [6, 6.07) is 21.9. The summed E-state index contributed by atoms with van der Waals surface area (Å²) in [5.41, 5.74) is 3.96. The molecule has 7 nitrogen and oxygen atoms in total. The van der Waals surface area contributed by atoms with Gasteiger partial charge >= 0.3 is 5.97 Å². The summed E-state index contributed by atoms with van der Waals surface area (Å²) in [6.45, 7) is 0.699. The van der Waals surface area contributed by atoms with E-state index in [-0.39, 0.29) is 17.7 Å². The van der Waals surface area contributed by atoms with Crippen molar-refractivity contribution in [1.29, 1.82) is 5.26 Å². The van der Waals surface area contributed by atoms with Crippen molar-refractivity contribution in [1.82, 2.24) is 10.3 Å². The quantitative estimate of drug-likeness (QED) is 0.139. The van der Waals surface area contributed by atoms with Gasteiger partial charge < -0.3 is 20.1 Å². The number of fused-ring (bicyclic) bond motifs is 1. The minimum Gasteiger partial charge on any atom is -0.488 e. The number of carbonyl (C=O) groups is 2. The summed E-state index contributed by atoms with van der Waals surface area (Å²) in [6.07, 6.45) is 4.14. The number of aromatic carboxylic acids is 1. The first-order valence-corrected chi connectivity index (χ1v) is 12.2. The minimum atomic E-state index is -0.972. The van der Waals surface area contributed by atoms with E-state index in [0.717, 1.165) is 25.6 Å². The van der Waals surface area contributed by atoms with E-state index in [0.29, 0.717) is 24.3 Å². The monoisotopic (exact) mass is 591 g/mol. The highest BCUT2D eigenvalue weighted by Gasteiger charge is 2.11. The van der Waals surface area contributed by atoms with E-state index >= 15 is 0 Å². The number of ether oxygens (including phenoxy) is 1.